The number of aryl methyl sites for hydroxylation is 2. The highest BCUT2D eigenvalue weighted by Crippen LogP contribution is 2.32. The summed E-state index contributed by atoms with van der Waals surface area (Å²) in [5.41, 5.74) is 5.77. The van der Waals surface area contributed by atoms with Crippen LogP contribution in [0.5, 0.6) is 5.88 Å². The minimum absolute atomic E-state index is 0.316. The van der Waals surface area contributed by atoms with Gasteiger partial charge < -0.3 is 10.1 Å². The first-order valence-corrected chi connectivity index (χ1v) is 9.64. The van der Waals surface area contributed by atoms with Crippen LogP contribution < -0.4 is 10.1 Å². The molecular formula is C21H28N4O. The topological polar surface area (TPSA) is 50.3 Å². The van der Waals surface area contributed by atoms with Crippen LogP contribution in [0.15, 0.2) is 24.3 Å². The van der Waals surface area contributed by atoms with Crippen molar-refractivity contribution >= 4 is 5.69 Å². The van der Waals surface area contributed by atoms with Crippen LogP contribution in [0.2, 0.25) is 0 Å². The van der Waals surface area contributed by atoms with Crippen LogP contribution in [0.4, 0.5) is 5.69 Å². The first kappa shape index (κ1) is 17.3. The van der Waals surface area contributed by atoms with E-state index in [2.05, 4.69) is 60.2 Å². The van der Waals surface area contributed by atoms with Gasteiger partial charge in [-0.1, -0.05) is 0 Å². The Morgan fingerprint density at radius 1 is 1.23 bits per heavy atom. The third kappa shape index (κ3) is 3.68. The maximum Gasteiger partial charge on any atom is 0.237 e. The number of hydrogen-bond acceptors (Lipinski definition) is 5. The largest absolute Gasteiger partial charge is 0.474 e. The van der Waals surface area contributed by atoms with Crippen molar-refractivity contribution in [1.82, 2.24) is 14.9 Å². The van der Waals surface area contributed by atoms with E-state index in [-0.39, 0.29) is 0 Å². The van der Waals surface area contributed by atoms with E-state index < -0.39 is 0 Å². The Labute approximate surface area is 155 Å². The molecule has 0 radical (unpaired) electrons. The number of likely N-dealkylation sites (tertiary alicyclic amines) is 1. The molecule has 26 heavy (non-hydrogen) atoms. The quantitative estimate of drug-likeness (QED) is 0.912. The van der Waals surface area contributed by atoms with Crippen LogP contribution in [0.1, 0.15) is 42.0 Å². The minimum Gasteiger partial charge on any atom is -0.474 e. The number of aromatic nitrogens is 2. The molecule has 0 bridgehead atoms. The molecule has 2 aliphatic rings. The zero-order valence-corrected chi connectivity index (χ0v) is 16.0. The number of ether oxygens (including phenoxy) is 1. The summed E-state index contributed by atoms with van der Waals surface area (Å²) in [6.45, 7) is 10.2. The van der Waals surface area contributed by atoms with Gasteiger partial charge in [-0.05, 0) is 75.9 Å². The SMILES string of the molecule is Cc1cc(C[C@H]2CCN(C(C)c3ccc4c(n3)OCCN4)C2)cc(C)n1. The Balaban J connectivity index is 1.41. The molecule has 4 heterocycles. The van der Waals surface area contributed by atoms with E-state index in [0.717, 1.165) is 54.7 Å². The van der Waals surface area contributed by atoms with Crippen molar-refractivity contribution < 1.29 is 4.74 Å². The monoisotopic (exact) mass is 352 g/mol. The number of anilines is 1. The van der Waals surface area contributed by atoms with Gasteiger partial charge in [0.2, 0.25) is 5.88 Å². The lowest BCUT2D eigenvalue weighted by molar-refractivity contribution is 0.244. The van der Waals surface area contributed by atoms with E-state index in [1.807, 2.05) is 0 Å². The number of pyridine rings is 2. The Hall–Kier alpha value is -2.14. The van der Waals surface area contributed by atoms with Crippen LogP contribution in [-0.2, 0) is 6.42 Å². The van der Waals surface area contributed by atoms with Gasteiger partial charge in [-0.3, -0.25) is 9.88 Å². The smallest absolute Gasteiger partial charge is 0.237 e. The van der Waals surface area contributed by atoms with Gasteiger partial charge in [0.1, 0.15) is 6.61 Å². The molecule has 5 nitrogen and oxygen atoms in total. The fourth-order valence-electron chi connectivity index (χ4n) is 4.21. The molecule has 4 rings (SSSR count). The highest BCUT2D eigenvalue weighted by atomic mass is 16.5. The molecule has 2 aromatic heterocycles. The number of fused-ring (bicyclic) bond motifs is 1. The molecule has 0 aliphatic carbocycles. The Bertz CT molecular complexity index is 771. The molecule has 0 spiro atoms. The van der Waals surface area contributed by atoms with Crippen LogP contribution in [0.25, 0.3) is 0 Å². The van der Waals surface area contributed by atoms with E-state index >= 15 is 0 Å². The van der Waals surface area contributed by atoms with Crippen molar-refractivity contribution in [3.05, 3.63) is 46.9 Å². The molecular weight excluding hydrogens is 324 g/mol. The van der Waals surface area contributed by atoms with Crippen molar-refractivity contribution in [3.8, 4) is 5.88 Å². The second kappa shape index (κ2) is 7.23. The number of rotatable bonds is 4. The summed E-state index contributed by atoms with van der Waals surface area (Å²) in [6.07, 6.45) is 2.38. The summed E-state index contributed by atoms with van der Waals surface area (Å²) in [6, 6.07) is 9.01. The maximum absolute atomic E-state index is 5.70. The van der Waals surface area contributed by atoms with E-state index in [4.69, 9.17) is 9.72 Å². The number of hydrogen-bond donors (Lipinski definition) is 1. The van der Waals surface area contributed by atoms with Gasteiger partial charge in [0.05, 0.1) is 11.4 Å². The predicted octanol–water partition coefficient (Wildman–Crippen LogP) is 3.52. The second-order valence-electron chi connectivity index (χ2n) is 7.65. The number of nitrogens with zero attached hydrogens (tertiary/aromatic N) is 3. The van der Waals surface area contributed by atoms with Crippen molar-refractivity contribution in [1.29, 1.82) is 0 Å². The van der Waals surface area contributed by atoms with Crippen molar-refractivity contribution in [2.75, 3.05) is 31.6 Å². The highest BCUT2D eigenvalue weighted by molar-refractivity contribution is 5.54. The van der Waals surface area contributed by atoms with E-state index in [1.54, 1.807) is 0 Å². The fourth-order valence-corrected chi connectivity index (χ4v) is 4.21. The Morgan fingerprint density at radius 3 is 2.85 bits per heavy atom. The van der Waals surface area contributed by atoms with E-state index in [9.17, 15) is 0 Å². The van der Waals surface area contributed by atoms with E-state index in [1.165, 1.54) is 12.0 Å². The average molecular weight is 352 g/mol. The molecule has 1 unspecified atom stereocenters. The first-order valence-electron chi connectivity index (χ1n) is 9.64. The van der Waals surface area contributed by atoms with Crippen molar-refractivity contribution in [2.24, 2.45) is 5.92 Å². The molecule has 0 amide bonds. The van der Waals surface area contributed by atoms with Gasteiger partial charge in [-0.15, -0.1) is 0 Å². The van der Waals surface area contributed by atoms with Crippen LogP contribution in [0, 0.1) is 19.8 Å². The highest BCUT2D eigenvalue weighted by Gasteiger charge is 2.28. The van der Waals surface area contributed by atoms with Crippen LogP contribution >= 0.6 is 0 Å². The maximum atomic E-state index is 5.70. The predicted molar refractivity (Wildman–Crippen MR) is 104 cm³/mol. The summed E-state index contributed by atoms with van der Waals surface area (Å²) in [5, 5.41) is 3.34. The molecule has 1 fully saturated rings. The van der Waals surface area contributed by atoms with Gasteiger partial charge in [-0.2, -0.15) is 0 Å². The lowest BCUT2D eigenvalue weighted by Gasteiger charge is -2.26. The minimum atomic E-state index is 0.316. The molecule has 1 saturated heterocycles. The zero-order chi connectivity index (χ0) is 18.1. The van der Waals surface area contributed by atoms with Crippen molar-refractivity contribution in [2.45, 2.75) is 39.7 Å². The zero-order valence-electron chi connectivity index (χ0n) is 16.0. The summed E-state index contributed by atoms with van der Waals surface area (Å²) < 4.78 is 5.70. The lowest BCUT2D eigenvalue weighted by Crippen LogP contribution is -2.26. The van der Waals surface area contributed by atoms with Crippen molar-refractivity contribution in [3.63, 3.8) is 0 Å². The second-order valence-corrected chi connectivity index (χ2v) is 7.65. The summed E-state index contributed by atoms with van der Waals surface area (Å²) in [5.74, 6) is 1.45. The molecule has 0 aromatic carbocycles. The van der Waals surface area contributed by atoms with Gasteiger partial charge in [0.25, 0.3) is 0 Å². The van der Waals surface area contributed by atoms with Gasteiger partial charge in [0, 0.05) is 30.5 Å². The molecule has 2 aromatic rings. The Morgan fingerprint density at radius 2 is 2.04 bits per heavy atom. The lowest BCUT2D eigenvalue weighted by atomic mass is 9.98. The van der Waals surface area contributed by atoms with Gasteiger partial charge in [0.15, 0.2) is 0 Å². The third-order valence-electron chi connectivity index (χ3n) is 5.50. The normalized spacial score (nSPS) is 21.0. The summed E-state index contributed by atoms with van der Waals surface area (Å²) in [7, 11) is 0. The van der Waals surface area contributed by atoms with E-state index in [0.29, 0.717) is 18.6 Å². The van der Waals surface area contributed by atoms with Crippen LogP contribution in [0.3, 0.4) is 0 Å². The molecule has 0 saturated carbocycles. The third-order valence-corrected chi connectivity index (χ3v) is 5.50. The van der Waals surface area contributed by atoms with Gasteiger partial charge in [-0.25, -0.2) is 4.98 Å². The number of nitrogens with one attached hydrogen (secondary N) is 1. The molecule has 5 heteroatoms. The average Bonchev–Trinajstić information content (AvgIpc) is 3.08. The molecule has 2 atom stereocenters. The standard InChI is InChI=1S/C21H28N4O/c1-14-10-18(11-15(2)23-14)12-17-6-8-25(13-17)16(3)19-4-5-20-21(24-19)26-9-7-22-20/h4-5,10-11,16-17,22H,6-9,12-13H2,1-3H3/t16?,17-/m1/s1. The fraction of sp³-hybridized carbons (Fsp3) is 0.524. The van der Waals surface area contributed by atoms with Gasteiger partial charge >= 0.3 is 0 Å². The first-order chi connectivity index (χ1) is 12.6. The summed E-state index contributed by atoms with van der Waals surface area (Å²) >= 11 is 0. The molecule has 138 valence electrons. The Kier molecular flexibility index (Phi) is 4.81. The summed E-state index contributed by atoms with van der Waals surface area (Å²) in [4.78, 5) is 11.8. The molecule has 2 aliphatic heterocycles. The van der Waals surface area contributed by atoms with Crippen LogP contribution in [-0.4, -0.2) is 41.1 Å². The molecule has 1 N–H and O–H groups in total.